The summed E-state index contributed by atoms with van der Waals surface area (Å²) in [6.45, 7) is 2.29. The fourth-order valence-corrected chi connectivity index (χ4v) is 4.61. The lowest BCUT2D eigenvalue weighted by Gasteiger charge is -2.27. The lowest BCUT2D eigenvalue weighted by Crippen LogP contribution is -2.28. The third kappa shape index (κ3) is 5.64. The first-order chi connectivity index (χ1) is 16.8. The quantitative estimate of drug-likeness (QED) is 0.265. The van der Waals surface area contributed by atoms with Crippen LogP contribution in [0.1, 0.15) is 39.8 Å². The van der Waals surface area contributed by atoms with Crippen LogP contribution in [0.3, 0.4) is 0 Å². The summed E-state index contributed by atoms with van der Waals surface area (Å²) in [7, 11) is 0. The van der Waals surface area contributed by atoms with Gasteiger partial charge in [-0.15, -0.1) is 0 Å². The van der Waals surface area contributed by atoms with E-state index >= 15 is 0 Å². The Bertz CT molecular complexity index is 1330. The lowest BCUT2D eigenvalue weighted by atomic mass is 9.76. The average Bonchev–Trinajstić information content (AvgIpc) is 2.85. The second-order valence-corrected chi connectivity index (χ2v) is 8.98. The third-order valence-electron chi connectivity index (χ3n) is 5.92. The molecular weight excluding hydrogens is 486 g/mol. The van der Waals surface area contributed by atoms with E-state index in [0.717, 1.165) is 16.8 Å². The van der Waals surface area contributed by atoms with E-state index in [-0.39, 0.29) is 10.0 Å². The van der Waals surface area contributed by atoms with Crippen LogP contribution in [-0.2, 0) is 11.4 Å². The van der Waals surface area contributed by atoms with Gasteiger partial charge in [-0.1, -0.05) is 71.7 Å². The molecule has 0 bridgehead atoms. The SMILES string of the molecule is Cc1ncccc1COc1ccc(C(C(N)=O)C(c2ccccc2)c2cc(F)c(Cl)cc2Cl)cc1. The molecule has 1 heterocycles. The molecule has 0 saturated heterocycles. The number of carbonyl (C=O) groups is 1. The van der Waals surface area contributed by atoms with E-state index in [1.807, 2.05) is 49.4 Å². The minimum atomic E-state index is -0.815. The van der Waals surface area contributed by atoms with Crippen molar-refractivity contribution in [1.29, 1.82) is 0 Å². The van der Waals surface area contributed by atoms with Crippen LogP contribution in [0.2, 0.25) is 10.0 Å². The summed E-state index contributed by atoms with van der Waals surface area (Å²) in [6.07, 6.45) is 1.74. The molecule has 2 unspecified atom stereocenters. The first-order valence-electron chi connectivity index (χ1n) is 11.0. The number of hydrogen-bond donors (Lipinski definition) is 1. The van der Waals surface area contributed by atoms with Crippen LogP contribution in [0.5, 0.6) is 5.75 Å². The van der Waals surface area contributed by atoms with Crippen LogP contribution in [0.15, 0.2) is 85.1 Å². The number of rotatable bonds is 8. The number of pyridine rings is 1. The molecule has 1 aromatic heterocycles. The van der Waals surface area contributed by atoms with Gasteiger partial charge in [-0.05, 0) is 53.9 Å². The van der Waals surface area contributed by atoms with Crippen molar-refractivity contribution < 1.29 is 13.9 Å². The number of aryl methyl sites for hydroxylation is 1. The van der Waals surface area contributed by atoms with Crippen LogP contribution in [-0.4, -0.2) is 10.9 Å². The van der Waals surface area contributed by atoms with Crippen LogP contribution in [0, 0.1) is 12.7 Å². The van der Waals surface area contributed by atoms with Gasteiger partial charge in [0.1, 0.15) is 18.2 Å². The summed E-state index contributed by atoms with van der Waals surface area (Å²) in [4.78, 5) is 17.1. The Hall–Kier alpha value is -3.41. The van der Waals surface area contributed by atoms with Gasteiger partial charge in [0.15, 0.2) is 0 Å². The molecule has 4 nitrogen and oxygen atoms in total. The maximum atomic E-state index is 14.5. The summed E-state index contributed by atoms with van der Waals surface area (Å²) >= 11 is 12.4. The zero-order valence-corrected chi connectivity index (χ0v) is 20.4. The first-order valence-corrected chi connectivity index (χ1v) is 11.7. The maximum absolute atomic E-state index is 14.5. The van der Waals surface area contributed by atoms with Gasteiger partial charge in [-0.3, -0.25) is 9.78 Å². The van der Waals surface area contributed by atoms with Crippen molar-refractivity contribution in [1.82, 2.24) is 4.98 Å². The van der Waals surface area contributed by atoms with Crippen molar-refractivity contribution in [3.05, 3.63) is 129 Å². The number of amides is 1. The Morgan fingerprint density at radius 2 is 1.69 bits per heavy atom. The Labute approximate surface area is 213 Å². The number of carbonyl (C=O) groups excluding carboxylic acids is 1. The fourth-order valence-electron chi connectivity index (χ4n) is 4.11. The lowest BCUT2D eigenvalue weighted by molar-refractivity contribution is -0.119. The highest BCUT2D eigenvalue weighted by Crippen LogP contribution is 2.42. The van der Waals surface area contributed by atoms with Crippen molar-refractivity contribution in [2.24, 2.45) is 5.73 Å². The Morgan fingerprint density at radius 3 is 2.34 bits per heavy atom. The molecule has 0 fully saturated rings. The van der Waals surface area contributed by atoms with Gasteiger partial charge in [0.05, 0.1) is 10.9 Å². The molecule has 35 heavy (non-hydrogen) atoms. The van der Waals surface area contributed by atoms with Crippen molar-refractivity contribution in [3.63, 3.8) is 0 Å². The highest BCUT2D eigenvalue weighted by atomic mass is 35.5. The number of primary amides is 1. The molecule has 3 aromatic carbocycles. The number of aromatic nitrogens is 1. The van der Waals surface area contributed by atoms with E-state index in [1.54, 1.807) is 30.5 Å². The molecule has 2 N–H and O–H groups in total. The normalized spacial score (nSPS) is 12.7. The molecule has 178 valence electrons. The van der Waals surface area contributed by atoms with Gasteiger partial charge in [0.2, 0.25) is 5.91 Å². The van der Waals surface area contributed by atoms with Gasteiger partial charge in [-0.2, -0.15) is 0 Å². The summed E-state index contributed by atoms with van der Waals surface area (Å²) in [5.74, 6) is -2.00. The van der Waals surface area contributed by atoms with Gasteiger partial charge in [0.25, 0.3) is 0 Å². The third-order valence-corrected chi connectivity index (χ3v) is 6.54. The van der Waals surface area contributed by atoms with Crippen molar-refractivity contribution in [2.45, 2.75) is 25.4 Å². The molecule has 0 aliphatic rings. The van der Waals surface area contributed by atoms with E-state index in [9.17, 15) is 9.18 Å². The largest absolute Gasteiger partial charge is 0.489 e. The summed E-state index contributed by atoms with van der Waals surface area (Å²) in [5.41, 5.74) is 9.64. The molecule has 4 aromatic rings. The van der Waals surface area contributed by atoms with Crippen LogP contribution >= 0.6 is 23.2 Å². The zero-order valence-electron chi connectivity index (χ0n) is 18.9. The van der Waals surface area contributed by atoms with Crippen LogP contribution in [0.25, 0.3) is 0 Å². The summed E-state index contributed by atoms with van der Waals surface area (Å²) in [6, 6.07) is 22.8. The van der Waals surface area contributed by atoms with E-state index < -0.39 is 23.6 Å². The zero-order chi connectivity index (χ0) is 24.9. The first kappa shape index (κ1) is 24.7. The summed E-state index contributed by atoms with van der Waals surface area (Å²) < 4.78 is 20.4. The van der Waals surface area contributed by atoms with E-state index in [0.29, 0.717) is 23.5 Å². The molecule has 1 amide bonds. The van der Waals surface area contributed by atoms with Gasteiger partial charge in [-0.25, -0.2) is 4.39 Å². The minimum Gasteiger partial charge on any atom is -0.489 e. The van der Waals surface area contributed by atoms with Gasteiger partial charge >= 0.3 is 0 Å². The van der Waals surface area contributed by atoms with E-state index in [2.05, 4.69) is 4.98 Å². The Morgan fingerprint density at radius 1 is 0.971 bits per heavy atom. The minimum absolute atomic E-state index is 0.0912. The average molecular weight is 509 g/mol. The second-order valence-electron chi connectivity index (χ2n) is 8.16. The number of benzene rings is 3. The molecule has 0 radical (unpaired) electrons. The second kappa shape index (κ2) is 10.9. The summed E-state index contributed by atoms with van der Waals surface area (Å²) in [5, 5.41) is 0.162. The molecular formula is C28H23Cl2FN2O2. The van der Waals surface area contributed by atoms with Crippen molar-refractivity contribution in [2.75, 3.05) is 0 Å². The van der Waals surface area contributed by atoms with Gasteiger partial charge < -0.3 is 10.5 Å². The molecule has 0 aliphatic heterocycles. The van der Waals surface area contributed by atoms with E-state index in [4.69, 9.17) is 33.7 Å². The monoisotopic (exact) mass is 508 g/mol. The predicted molar refractivity (Wildman–Crippen MR) is 136 cm³/mol. The number of nitrogens with zero attached hydrogens (tertiary/aromatic N) is 1. The molecule has 7 heteroatoms. The van der Waals surface area contributed by atoms with E-state index in [1.165, 1.54) is 12.1 Å². The number of halogens is 3. The maximum Gasteiger partial charge on any atom is 0.225 e. The molecule has 0 spiro atoms. The Kier molecular flexibility index (Phi) is 7.69. The number of hydrogen-bond acceptors (Lipinski definition) is 3. The fraction of sp³-hybridized carbons (Fsp3) is 0.143. The Balaban J connectivity index is 1.70. The predicted octanol–water partition coefficient (Wildman–Crippen LogP) is 6.82. The molecule has 0 saturated carbocycles. The van der Waals surface area contributed by atoms with Crippen molar-refractivity contribution >= 4 is 29.1 Å². The number of nitrogens with two attached hydrogens (primary N) is 1. The topological polar surface area (TPSA) is 65.2 Å². The highest BCUT2D eigenvalue weighted by Gasteiger charge is 2.33. The highest BCUT2D eigenvalue weighted by molar-refractivity contribution is 6.35. The molecule has 4 rings (SSSR count). The smallest absolute Gasteiger partial charge is 0.225 e. The molecule has 2 atom stereocenters. The number of ether oxygens (including phenoxy) is 1. The van der Waals surface area contributed by atoms with Crippen LogP contribution < -0.4 is 10.5 Å². The van der Waals surface area contributed by atoms with Gasteiger partial charge in [0, 0.05) is 28.4 Å². The standard InChI is InChI=1S/C28H23Cl2FN2O2/c1-17-20(8-5-13-33-17)16-35-21-11-9-19(10-12-21)27(28(32)34)26(18-6-3-2-4-7-18)22-14-25(31)24(30)15-23(22)29/h2-15,26-27H,16H2,1H3,(H2,32,34). The molecule has 0 aliphatic carbocycles. The van der Waals surface area contributed by atoms with Crippen LogP contribution in [0.4, 0.5) is 4.39 Å². The van der Waals surface area contributed by atoms with Crippen molar-refractivity contribution in [3.8, 4) is 5.75 Å².